The smallest absolute Gasteiger partial charge is 0.191 e. The molecular weight excluding hydrogens is 294 g/mol. The molecule has 0 aromatic heterocycles. The minimum atomic E-state index is 0.879. The molecule has 0 bridgehead atoms. The summed E-state index contributed by atoms with van der Waals surface area (Å²) in [7, 11) is 0. The minimum absolute atomic E-state index is 0.879. The van der Waals surface area contributed by atoms with Crippen LogP contribution in [-0.4, -0.2) is 25.6 Å². The van der Waals surface area contributed by atoms with Crippen molar-refractivity contribution in [3.63, 3.8) is 0 Å². The first-order chi connectivity index (χ1) is 11.9. The molecule has 0 radical (unpaired) electrons. The average Bonchev–Trinajstić information content (AvgIpc) is 3.09. The van der Waals surface area contributed by atoms with E-state index in [1.54, 1.807) is 0 Å². The molecule has 4 rings (SSSR count). The summed E-state index contributed by atoms with van der Waals surface area (Å²) < 4.78 is 0. The lowest BCUT2D eigenvalue weighted by molar-refractivity contribution is 0.854. The van der Waals surface area contributed by atoms with Crippen molar-refractivity contribution in [3.8, 4) is 0 Å². The summed E-state index contributed by atoms with van der Waals surface area (Å²) in [6.45, 7) is 2.73. The van der Waals surface area contributed by atoms with E-state index in [2.05, 4.69) is 70.2 Å². The summed E-state index contributed by atoms with van der Waals surface area (Å²) in [5.74, 6) is 0.940. The zero-order chi connectivity index (χ0) is 16.2. The molecular formula is C21H23N3. The van der Waals surface area contributed by atoms with Crippen molar-refractivity contribution in [2.75, 3.05) is 19.6 Å². The number of fused-ring (bicyclic) bond motifs is 2. The van der Waals surface area contributed by atoms with Gasteiger partial charge >= 0.3 is 0 Å². The van der Waals surface area contributed by atoms with E-state index >= 15 is 0 Å². The molecule has 0 fully saturated rings. The summed E-state index contributed by atoms with van der Waals surface area (Å²) in [4.78, 5) is 4.38. The van der Waals surface area contributed by atoms with E-state index in [4.69, 9.17) is 0 Å². The standard InChI is InChI=1S/C21H23N3/c1-3-8-18-16(6-1)11-12-17-7-2-4-9-19(17)20(18)10-5-13-22-21-23-14-15-24-21/h1-4,6-10H,5,11-15H2,(H2,22,23,24). The number of hydrogen-bond acceptors (Lipinski definition) is 3. The van der Waals surface area contributed by atoms with Crippen LogP contribution in [0.4, 0.5) is 0 Å². The number of guanidine groups is 1. The van der Waals surface area contributed by atoms with Gasteiger partial charge in [-0.15, -0.1) is 0 Å². The van der Waals surface area contributed by atoms with E-state index in [1.807, 2.05) is 0 Å². The van der Waals surface area contributed by atoms with Crippen LogP contribution in [0.25, 0.3) is 5.57 Å². The van der Waals surface area contributed by atoms with Gasteiger partial charge in [0.2, 0.25) is 0 Å². The Labute approximate surface area is 143 Å². The quantitative estimate of drug-likeness (QED) is 0.853. The monoisotopic (exact) mass is 317 g/mol. The molecule has 1 heterocycles. The molecule has 0 amide bonds. The predicted molar refractivity (Wildman–Crippen MR) is 100 cm³/mol. The Morgan fingerprint density at radius 1 is 0.958 bits per heavy atom. The normalized spacial score (nSPS) is 15.7. The SMILES string of the molecule is C(CCNC1=NCCN1)=C1c2ccccc2CCc2ccccc21. The number of aliphatic imine (C=N–C) groups is 1. The largest absolute Gasteiger partial charge is 0.356 e. The molecule has 1 aliphatic heterocycles. The van der Waals surface area contributed by atoms with E-state index in [0.717, 1.165) is 44.9 Å². The second-order valence-electron chi connectivity index (χ2n) is 6.30. The van der Waals surface area contributed by atoms with Crippen molar-refractivity contribution in [3.05, 3.63) is 76.9 Å². The van der Waals surface area contributed by atoms with Gasteiger partial charge in [-0.1, -0.05) is 54.6 Å². The fourth-order valence-electron chi connectivity index (χ4n) is 3.56. The molecule has 24 heavy (non-hydrogen) atoms. The number of rotatable bonds is 3. The highest BCUT2D eigenvalue weighted by molar-refractivity contribution is 5.84. The van der Waals surface area contributed by atoms with Gasteiger partial charge in [0, 0.05) is 13.1 Å². The minimum Gasteiger partial charge on any atom is -0.356 e. The topological polar surface area (TPSA) is 36.4 Å². The van der Waals surface area contributed by atoms with Crippen LogP contribution in [0.2, 0.25) is 0 Å². The number of nitrogens with zero attached hydrogens (tertiary/aromatic N) is 1. The summed E-state index contributed by atoms with van der Waals surface area (Å²) in [5, 5.41) is 6.63. The highest BCUT2D eigenvalue weighted by Crippen LogP contribution is 2.33. The number of hydrogen-bond donors (Lipinski definition) is 2. The van der Waals surface area contributed by atoms with Gasteiger partial charge < -0.3 is 10.6 Å². The van der Waals surface area contributed by atoms with Crippen LogP contribution < -0.4 is 10.6 Å². The van der Waals surface area contributed by atoms with E-state index < -0.39 is 0 Å². The van der Waals surface area contributed by atoms with Crippen LogP contribution in [0.15, 0.2) is 59.6 Å². The summed E-state index contributed by atoms with van der Waals surface area (Å²) >= 11 is 0. The van der Waals surface area contributed by atoms with E-state index in [-0.39, 0.29) is 0 Å². The van der Waals surface area contributed by atoms with Crippen molar-refractivity contribution < 1.29 is 0 Å². The highest BCUT2D eigenvalue weighted by atomic mass is 15.2. The van der Waals surface area contributed by atoms with Crippen molar-refractivity contribution in [2.45, 2.75) is 19.3 Å². The van der Waals surface area contributed by atoms with Crippen LogP contribution in [0, 0.1) is 0 Å². The summed E-state index contributed by atoms with van der Waals surface area (Å²) in [5.41, 5.74) is 7.06. The van der Waals surface area contributed by atoms with Crippen LogP contribution >= 0.6 is 0 Å². The van der Waals surface area contributed by atoms with E-state index in [9.17, 15) is 0 Å². The number of nitrogens with one attached hydrogen (secondary N) is 2. The Balaban J connectivity index is 1.61. The third kappa shape index (κ3) is 3.07. The Morgan fingerprint density at radius 2 is 1.62 bits per heavy atom. The number of benzene rings is 2. The summed E-state index contributed by atoms with van der Waals surface area (Å²) in [6.07, 6.45) is 5.59. The van der Waals surface area contributed by atoms with Crippen molar-refractivity contribution in [2.24, 2.45) is 4.99 Å². The Kier molecular flexibility index (Phi) is 4.32. The highest BCUT2D eigenvalue weighted by Gasteiger charge is 2.16. The maximum Gasteiger partial charge on any atom is 0.191 e. The maximum absolute atomic E-state index is 4.38. The molecule has 0 atom stereocenters. The first kappa shape index (κ1) is 15.0. The van der Waals surface area contributed by atoms with Gasteiger partial charge in [-0.05, 0) is 47.1 Å². The zero-order valence-corrected chi connectivity index (χ0v) is 13.9. The molecule has 2 aromatic carbocycles. The molecule has 2 N–H and O–H groups in total. The van der Waals surface area contributed by atoms with Crippen molar-refractivity contribution in [1.82, 2.24) is 10.6 Å². The Morgan fingerprint density at radius 3 is 2.25 bits per heavy atom. The lowest BCUT2D eigenvalue weighted by Gasteiger charge is -2.12. The third-order valence-electron chi connectivity index (χ3n) is 4.74. The second kappa shape index (κ2) is 6.91. The first-order valence-corrected chi connectivity index (χ1v) is 8.81. The van der Waals surface area contributed by atoms with E-state index in [0.29, 0.717) is 0 Å². The van der Waals surface area contributed by atoms with Gasteiger partial charge in [0.25, 0.3) is 0 Å². The van der Waals surface area contributed by atoms with Gasteiger partial charge in [0.1, 0.15) is 0 Å². The van der Waals surface area contributed by atoms with Crippen LogP contribution in [0.1, 0.15) is 28.7 Å². The molecule has 2 aliphatic rings. The lowest BCUT2D eigenvalue weighted by Crippen LogP contribution is -2.34. The Bertz CT molecular complexity index is 740. The van der Waals surface area contributed by atoms with Gasteiger partial charge in [0.15, 0.2) is 5.96 Å². The van der Waals surface area contributed by atoms with E-state index in [1.165, 1.54) is 27.8 Å². The second-order valence-corrected chi connectivity index (χ2v) is 6.30. The van der Waals surface area contributed by atoms with Gasteiger partial charge in [-0.2, -0.15) is 0 Å². The van der Waals surface area contributed by atoms with Gasteiger partial charge in [-0.3, -0.25) is 4.99 Å². The third-order valence-corrected chi connectivity index (χ3v) is 4.74. The fraction of sp³-hybridized carbons (Fsp3) is 0.286. The molecule has 0 saturated carbocycles. The molecule has 3 nitrogen and oxygen atoms in total. The molecule has 3 heteroatoms. The zero-order valence-electron chi connectivity index (χ0n) is 13.9. The molecule has 0 unspecified atom stereocenters. The van der Waals surface area contributed by atoms with Gasteiger partial charge in [0.05, 0.1) is 6.54 Å². The molecule has 2 aromatic rings. The number of aryl methyl sites for hydroxylation is 2. The molecule has 1 aliphatic carbocycles. The molecule has 0 saturated heterocycles. The molecule has 0 spiro atoms. The van der Waals surface area contributed by atoms with Crippen molar-refractivity contribution >= 4 is 11.5 Å². The van der Waals surface area contributed by atoms with Crippen molar-refractivity contribution in [1.29, 1.82) is 0 Å². The summed E-state index contributed by atoms with van der Waals surface area (Å²) in [6, 6.07) is 17.7. The molecule has 122 valence electrons. The maximum atomic E-state index is 4.38. The average molecular weight is 317 g/mol. The first-order valence-electron chi connectivity index (χ1n) is 8.81. The van der Waals surface area contributed by atoms with Crippen LogP contribution in [0.5, 0.6) is 0 Å². The Hall–Kier alpha value is -2.55. The van der Waals surface area contributed by atoms with Crippen LogP contribution in [-0.2, 0) is 12.8 Å². The predicted octanol–water partition coefficient (Wildman–Crippen LogP) is 3.16. The van der Waals surface area contributed by atoms with Crippen LogP contribution in [0.3, 0.4) is 0 Å². The van der Waals surface area contributed by atoms with Gasteiger partial charge in [-0.25, -0.2) is 0 Å². The lowest BCUT2D eigenvalue weighted by atomic mass is 9.93. The fourth-order valence-corrected chi connectivity index (χ4v) is 3.56.